The van der Waals surface area contributed by atoms with Crippen molar-refractivity contribution >= 4 is 33.1 Å². The first-order chi connectivity index (χ1) is 27.8. The van der Waals surface area contributed by atoms with Crippen LogP contribution >= 0.6 is 0 Å². The van der Waals surface area contributed by atoms with Crippen LogP contribution in [0.25, 0.3) is 33.5 Å². The summed E-state index contributed by atoms with van der Waals surface area (Å²) >= 11 is 0. The molecule has 0 radical (unpaired) electrons. The highest BCUT2D eigenvalue weighted by atomic mass is 28.3. The Kier molecular flexibility index (Phi) is 12.9. The minimum absolute atomic E-state index is 0.00505. The van der Waals surface area contributed by atoms with Crippen LogP contribution in [-0.2, 0) is 53.8 Å². The lowest BCUT2D eigenvalue weighted by atomic mass is 9.96. The van der Waals surface area contributed by atoms with Gasteiger partial charge in [-0.25, -0.2) is 18.9 Å². The Hall–Kier alpha value is -4.35. The van der Waals surface area contributed by atoms with Crippen LogP contribution < -0.4 is 4.74 Å². The van der Waals surface area contributed by atoms with E-state index in [1.165, 1.54) is 0 Å². The molecule has 14 heteroatoms. The van der Waals surface area contributed by atoms with Crippen LogP contribution in [0.15, 0.2) is 60.7 Å². The van der Waals surface area contributed by atoms with E-state index in [0.717, 1.165) is 62.3 Å². The van der Waals surface area contributed by atoms with Gasteiger partial charge in [0, 0.05) is 47.8 Å². The second-order valence-corrected chi connectivity index (χ2v) is 29.1. The quantitative estimate of drug-likeness (QED) is 0.0723. The molecule has 2 aromatic heterocycles. The van der Waals surface area contributed by atoms with E-state index in [2.05, 4.69) is 62.9 Å². The molecule has 0 saturated carbocycles. The zero-order valence-corrected chi connectivity index (χ0v) is 37.3. The van der Waals surface area contributed by atoms with Gasteiger partial charge in [0.25, 0.3) is 0 Å². The van der Waals surface area contributed by atoms with Crippen LogP contribution in [-0.4, -0.2) is 90.8 Å². The van der Waals surface area contributed by atoms with E-state index in [9.17, 15) is 4.79 Å². The number of halogens is 1. The fraction of sp³-hybridized carbons (Fsp3) is 0.477. The minimum atomic E-state index is -1.33. The molecule has 2 aliphatic rings. The number of aromatic nitrogens is 4. The van der Waals surface area contributed by atoms with Gasteiger partial charge in [0.2, 0.25) is 0 Å². The molecule has 0 N–H and O–H groups in total. The number of hydrogen-bond donors (Lipinski definition) is 0. The number of amides is 2. The Morgan fingerprint density at radius 1 is 0.862 bits per heavy atom. The lowest BCUT2D eigenvalue weighted by Gasteiger charge is -2.30. The maximum atomic E-state index is 15.8. The zero-order valence-electron chi connectivity index (χ0n) is 35.3. The van der Waals surface area contributed by atoms with Crippen molar-refractivity contribution < 1.29 is 28.1 Å². The van der Waals surface area contributed by atoms with E-state index >= 15 is 4.39 Å². The van der Waals surface area contributed by atoms with Gasteiger partial charge in [-0.1, -0.05) is 82.6 Å². The van der Waals surface area contributed by atoms with E-state index < -0.39 is 22.0 Å². The third-order valence-electron chi connectivity index (χ3n) is 10.9. The summed E-state index contributed by atoms with van der Waals surface area (Å²) in [5, 5.41) is 6.11. The third-order valence-corrected chi connectivity index (χ3v) is 14.3. The van der Waals surface area contributed by atoms with Gasteiger partial charge in [-0.15, -0.1) is 0 Å². The molecule has 0 atom stereocenters. The van der Waals surface area contributed by atoms with Crippen molar-refractivity contribution in [1.82, 2.24) is 29.1 Å². The second-order valence-electron chi connectivity index (χ2n) is 17.8. The molecule has 11 nitrogen and oxygen atoms in total. The van der Waals surface area contributed by atoms with E-state index in [0.29, 0.717) is 71.6 Å². The highest BCUT2D eigenvalue weighted by Gasteiger charge is 2.34. The molecule has 4 heterocycles. The van der Waals surface area contributed by atoms with Crippen LogP contribution in [0.1, 0.15) is 29.4 Å². The SMILES string of the molecule is CCc1cc(OCc2ccccc2)c(F)cc1-c1ccc2c(-c3nc4c(n3COCC[Si](C)(C)C)CN(C(=O)N3CCOCC3)C4)nn(COCC[Si](C)(C)C)c2c1. The predicted molar refractivity (Wildman–Crippen MR) is 232 cm³/mol. The topological polar surface area (TPSA) is 96.1 Å². The average Bonchev–Trinajstić information content (AvgIpc) is 3.88. The summed E-state index contributed by atoms with van der Waals surface area (Å²) in [6.45, 7) is 21.4. The van der Waals surface area contributed by atoms with Gasteiger partial charge in [-0.2, -0.15) is 5.10 Å². The summed E-state index contributed by atoms with van der Waals surface area (Å²) in [7, 11) is -2.65. The highest BCUT2D eigenvalue weighted by molar-refractivity contribution is 6.76. The molecule has 1 fully saturated rings. The van der Waals surface area contributed by atoms with E-state index in [4.69, 9.17) is 29.0 Å². The number of ether oxygens (including phenoxy) is 4. The van der Waals surface area contributed by atoms with Gasteiger partial charge in [0.15, 0.2) is 17.4 Å². The van der Waals surface area contributed by atoms with Crippen LogP contribution in [0.2, 0.25) is 51.4 Å². The first-order valence-corrected chi connectivity index (χ1v) is 28.1. The molecular weight excluding hydrogens is 768 g/mol. The number of rotatable bonds is 16. The summed E-state index contributed by atoms with van der Waals surface area (Å²) in [6, 6.07) is 21.5. The average molecular weight is 827 g/mol. The lowest BCUT2D eigenvalue weighted by Crippen LogP contribution is -2.46. The van der Waals surface area contributed by atoms with Crippen molar-refractivity contribution in [2.75, 3.05) is 39.5 Å². The minimum Gasteiger partial charge on any atom is -0.486 e. The van der Waals surface area contributed by atoms with Crippen LogP contribution in [0.4, 0.5) is 9.18 Å². The molecule has 1 saturated heterocycles. The number of hydrogen-bond acceptors (Lipinski definition) is 7. The van der Waals surface area contributed by atoms with E-state index in [1.54, 1.807) is 6.07 Å². The molecule has 0 aliphatic carbocycles. The lowest BCUT2D eigenvalue weighted by molar-refractivity contribution is 0.0425. The van der Waals surface area contributed by atoms with E-state index in [-0.39, 0.29) is 25.1 Å². The number of nitrogens with zero attached hydrogens (tertiary/aromatic N) is 6. The van der Waals surface area contributed by atoms with E-state index in [1.807, 2.05) is 56.9 Å². The maximum Gasteiger partial charge on any atom is 0.320 e. The van der Waals surface area contributed by atoms with Gasteiger partial charge in [-0.3, -0.25) is 0 Å². The van der Waals surface area contributed by atoms with Crippen LogP contribution in [0, 0.1) is 5.82 Å². The summed E-state index contributed by atoms with van der Waals surface area (Å²) in [4.78, 5) is 22.5. The molecule has 3 aromatic carbocycles. The maximum absolute atomic E-state index is 15.8. The number of carbonyl (C=O) groups excluding carboxylic acids is 1. The number of fused-ring (bicyclic) bond motifs is 2. The number of aryl methyl sites for hydroxylation is 1. The van der Waals surface area contributed by atoms with Crippen molar-refractivity contribution in [3.63, 3.8) is 0 Å². The summed E-state index contributed by atoms with van der Waals surface area (Å²) in [5.74, 6) is 0.542. The van der Waals surface area contributed by atoms with Crippen LogP contribution in [0.3, 0.4) is 0 Å². The van der Waals surface area contributed by atoms with Crippen molar-refractivity contribution in [2.24, 2.45) is 0 Å². The predicted octanol–water partition coefficient (Wildman–Crippen LogP) is 9.24. The smallest absolute Gasteiger partial charge is 0.320 e. The number of urea groups is 1. The monoisotopic (exact) mass is 826 g/mol. The number of morpholine rings is 1. The van der Waals surface area contributed by atoms with Gasteiger partial charge < -0.3 is 33.3 Å². The van der Waals surface area contributed by atoms with Crippen molar-refractivity contribution in [2.45, 2.75) is 97.9 Å². The molecule has 0 bridgehead atoms. The zero-order chi connectivity index (χ0) is 41.0. The largest absolute Gasteiger partial charge is 0.486 e. The molecule has 0 spiro atoms. The molecular formula is C44H59FN6O5Si2. The first-order valence-electron chi connectivity index (χ1n) is 20.6. The third kappa shape index (κ3) is 9.91. The van der Waals surface area contributed by atoms with Gasteiger partial charge >= 0.3 is 6.03 Å². The van der Waals surface area contributed by atoms with Gasteiger partial charge in [0.1, 0.15) is 25.8 Å². The second kappa shape index (κ2) is 17.9. The Morgan fingerprint density at radius 2 is 1.57 bits per heavy atom. The number of benzene rings is 3. The van der Waals surface area contributed by atoms with Crippen molar-refractivity contribution in [3.8, 4) is 28.4 Å². The summed E-state index contributed by atoms with van der Waals surface area (Å²) < 4.78 is 43.9. The molecule has 58 heavy (non-hydrogen) atoms. The highest BCUT2D eigenvalue weighted by Crippen LogP contribution is 2.37. The molecule has 2 amide bonds. The fourth-order valence-electron chi connectivity index (χ4n) is 7.34. The Labute approximate surface area is 344 Å². The summed E-state index contributed by atoms with van der Waals surface area (Å²) in [5.41, 5.74) is 7.06. The Bertz CT molecular complexity index is 2210. The Morgan fingerprint density at radius 3 is 2.26 bits per heavy atom. The van der Waals surface area contributed by atoms with Gasteiger partial charge in [-0.05, 0) is 65.0 Å². The normalized spacial score (nSPS) is 14.8. The number of carbonyl (C=O) groups is 1. The number of imidazole rings is 1. The van der Waals surface area contributed by atoms with Crippen LogP contribution in [0.5, 0.6) is 5.75 Å². The summed E-state index contributed by atoms with van der Waals surface area (Å²) in [6.07, 6.45) is 0.700. The van der Waals surface area contributed by atoms with Gasteiger partial charge in [0.05, 0.1) is 43.2 Å². The van der Waals surface area contributed by atoms with Crippen molar-refractivity contribution in [1.29, 1.82) is 0 Å². The van der Waals surface area contributed by atoms with Crippen molar-refractivity contribution in [3.05, 3.63) is 89.0 Å². The molecule has 7 rings (SSSR count). The Balaban J connectivity index is 1.24. The fourth-order valence-corrected chi connectivity index (χ4v) is 8.85. The molecule has 310 valence electrons. The molecule has 5 aromatic rings. The standard InChI is InChI=1S/C44H59FN6O5Si2/c1-8-33-25-41(56-29-32-12-10-9-11-13-32)37(45)26-36(33)34-14-15-35-39(24-34)51(31-55-21-23-58(5,6)7)47-42(35)43-46-38-27-49(44(52)48-16-18-53-19-17-48)28-40(38)50(43)30-54-20-22-57(2,3)4/h9-15,24-26H,8,16-23,27-31H2,1-7H3. The first kappa shape index (κ1) is 41.8. The molecule has 0 unspecified atom stereocenters. The molecule has 2 aliphatic heterocycles.